The van der Waals surface area contributed by atoms with E-state index in [1.807, 2.05) is 30.3 Å². The Morgan fingerprint density at radius 1 is 0.964 bits per heavy atom. The van der Waals surface area contributed by atoms with Crippen molar-refractivity contribution in [3.8, 4) is 0 Å². The van der Waals surface area contributed by atoms with E-state index in [-0.39, 0.29) is 5.82 Å². The Kier molecular flexibility index (Phi) is 5.30. The van der Waals surface area contributed by atoms with Gasteiger partial charge in [0.05, 0.1) is 11.4 Å². The van der Waals surface area contributed by atoms with Crippen molar-refractivity contribution in [2.75, 3.05) is 11.9 Å². The summed E-state index contributed by atoms with van der Waals surface area (Å²) in [5, 5.41) is 11.3. The summed E-state index contributed by atoms with van der Waals surface area (Å²) < 4.78 is 13.3. The number of pyridine rings is 1. The van der Waals surface area contributed by atoms with Gasteiger partial charge in [-0.3, -0.25) is 0 Å². The molecule has 0 saturated carbocycles. The van der Waals surface area contributed by atoms with Gasteiger partial charge in [-0.1, -0.05) is 30.3 Å². The average molecular weight is 389 g/mol. The maximum atomic E-state index is 13.3. The van der Waals surface area contributed by atoms with Gasteiger partial charge in [-0.2, -0.15) is 0 Å². The molecule has 0 aliphatic carbocycles. The van der Waals surface area contributed by atoms with E-state index < -0.39 is 0 Å². The SMILES string of the molecule is Fc1ccc(C2=C(c3ccnc(NCCc4ccccc4)c3)NC(=S)[N]2)cc1. The van der Waals surface area contributed by atoms with E-state index in [0.29, 0.717) is 10.8 Å². The van der Waals surface area contributed by atoms with Crippen molar-refractivity contribution in [2.45, 2.75) is 6.42 Å². The van der Waals surface area contributed by atoms with Gasteiger partial charge in [0, 0.05) is 23.9 Å². The lowest BCUT2D eigenvalue weighted by Crippen LogP contribution is -2.18. The second-order valence-electron chi connectivity index (χ2n) is 6.36. The third-order valence-electron chi connectivity index (χ3n) is 4.41. The van der Waals surface area contributed by atoms with E-state index in [1.165, 1.54) is 17.7 Å². The molecule has 0 fully saturated rings. The molecule has 2 heterocycles. The summed E-state index contributed by atoms with van der Waals surface area (Å²) in [6.07, 6.45) is 2.66. The van der Waals surface area contributed by atoms with Crippen LogP contribution in [0.5, 0.6) is 0 Å². The number of hydrogen-bond donors (Lipinski definition) is 2. The highest BCUT2D eigenvalue weighted by molar-refractivity contribution is 7.80. The Bertz CT molecular complexity index is 1020. The van der Waals surface area contributed by atoms with Gasteiger partial charge in [0.2, 0.25) is 0 Å². The second kappa shape index (κ2) is 8.19. The summed E-state index contributed by atoms with van der Waals surface area (Å²) in [7, 11) is 0. The quantitative estimate of drug-likeness (QED) is 0.621. The fourth-order valence-corrected chi connectivity index (χ4v) is 3.23. The number of benzene rings is 2. The molecular formula is C22H18FN4S. The van der Waals surface area contributed by atoms with E-state index in [1.54, 1.807) is 18.3 Å². The van der Waals surface area contributed by atoms with Gasteiger partial charge in [-0.05, 0) is 60.6 Å². The predicted molar refractivity (Wildman–Crippen MR) is 114 cm³/mol. The van der Waals surface area contributed by atoms with Crippen LogP contribution in [0.25, 0.3) is 11.4 Å². The van der Waals surface area contributed by atoms with E-state index in [0.717, 1.165) is 35.6 Å². The Balaban J connectivity index is 1.54. The highest BCUT2D eigenvalue weighted by atomic mass is 32.1. The zero-order valence-corrected chi connectivity index (χ0v) is 15.8. The molecule has 1 aliphatic rings. The van der Waals surface area contributed by atoms with Gasteiger partial charge in [-0.25, -0.2) is 14.7 Å². The summed E-state index contributed by atoms with van der Waals surface area (Å²) in [6.45, 7) is 0.778. The molecule has 2 aromatic carbocycles. The van der Waals surface area contributed by atoms with Gasteiger partial charge < -0.3 is 10.6 Å². The zero-order valence-electron chi connectivity index (χ0n) is 15.0. The minimum absolute atomic E-state index is 0.284. The number of nitrogens with zero attached hydrogens (tertiary/aromatic N) is 2. The van der Waals surface area contributed by atoms with E-state index in [4.69, 9.17) is 12.2 Å². The van der Waals surface area contributed by atoms with Crippen LogP contribution < -0.4 is 16.0 Å². The molecule has 0 saturated heterocycles. The van der Waals surface area contributed by atoms with Crippen LogP contribution in [0.2, 0.25) is 0 Å². The first kappa shape index (κ1) is 18.1. The maximum absolute atomic E-state index is 13.3. The second-order valence-corrected chi connectivity index (χ2v) is 6.75. The van der Waals surface area contributed by atoms with Crippen molar-refractivity contribution in [1.29, 1.82) is 0 Å². The van der Waals surface area contributed by atoms with Gasteiger partial charge in [0.25, 0.3) is 0 Å². The Morgan fingerprint density at radius 2 is 1.75 bits per heavy atom. The third kappa shape index (κ3) is 4.18. The Morgan fingerprint density at radius 3 is 2.54 bits per heavy atom. The Hall–Kier alpha value is -3.25. The number of thiocarbonyl (C=S) groups is 1. The molecule has 0 amide bonds. The van der Waals surface area contributed by atoms with Crippen molar-refractivity contribution in [3.63, 3.8) is 0 Å². The fourth-order valence-electron chi connectivity index (χ4n) is 3.04. The van der Waals surface area contributed by atoms with E-state index in [9.17, 15) is 4.39 Å². The number of anilines is 1. The molecule has 1 aliphatic heterocycles. The molecule has 0 bridgehead atoms. The lowest BCUT2D eigenvalue weighted by atomic mass is 10.1. The summed E-state index contributed by atoms with van der Waals surface area (Å²) in [4.78, 5) is 4.40. The highest BCUT2D eigenvalue weighted by Gasteiger charge is 2.22. The molecule has 4 rings (SSSR count). The van der Waals surface area contributed by atoms with Crippen LogP contribution in [0.3, 0.4) is 0 Å². The summed E-state index contributed by atoms with van der Waals surface area (Å²) in [5.41, 5.74) is 4.49. The number of aromatic nitrogens is 1. The van der Waals surface area contributed by atoms with Gasteiger partial charge in [0.15, 0.2) is 5.11 Å². The summed E-state index contributed by atoms with van der Waals surface area (Å²) in [6, 6.07) is 20.4. The molecule has 6 heteroatoms. The van der Waals surface area contributed by atoms with Crippen LogP contribution >= 0.6 is 12.2 Å². The lowest BCUT2D eigenvalue weighted by Gasteiger charge is -2.10. The van der Waals surface area contributed by atoms with Crippen LogP contribution in [-0.4, -0.2) is 16.6 Å². The van der Waals surface area contributed by atoms with Crippen molar-refractivity contribution in [3.05, 3.63) is 95.4 Å². The van der Waals surface area contributed by atoms with Crippen LogP contribution in [0.1, 0.15) is 16.7 Å². The molecule has 1 aromatic heterocycles. The molecule has 0 spiro atoms. The van der Waals surface area contributed by atoms with Crippen LogP contribution in [-0.2, 0) is 6.42 Å². The normalized spacial score (nSPS) is 13.2. The summed E-state index contributed by atoms with van der Waals surface area (Å²) >= 11 is 5.23. The number of nitrogens with one attached hydrogen (secondary N) is 2. The average Bonchev–Trinajstić information content (AvgIpc) is 3.11. The molecule has 0 unspecified atom stereocenters. The molecule has 2 N–H and O–H groups in total. The van der Waals surface area contributed by atoms with E-state index >= 15 is 0 Å². The van der Waals surface area contributed by atoms with Crippen molar-refractivity contribution < 1.29 is 4.39 Å². The van der Waals surface area contributed by atoms with Crippen LogP contribution in [0, 0.1) is 5.82 Å². The standard InChI is InChI=1S/C22H18FN4S/c23-18-8-6-16(7-9-18)20-21(27-22(28)26-20)17-11-13-25-19(14-17)24-12-10-15-4-2-1-3-5-15/h1-9,11,13-14H,10,12H2,(H,24,25)(H,27,28). The topological polar surface area (TPSA) is 51.1 Å². The molecule has 0 atom stereocenters. The molecule has 3 aromatic rings. The predicted octanol–water partition coefficient (Wildman–Crippen LogP) is 4.19. The van der Waals surface area contributed by atoms with Gasteiger partial charge >= 0.3 is 0 Å². The van der Waals surface area contributed by atoms with Gasteiger partial charge in [-0.15, -0.1) is 0 Å². The molecule has 139 valence electrons. The van der Waals surface area contributed by atoms with Crippen LogP contribution in [0.15, 0.2) is 72.9 Å². The Labute approximate surface area is 168 Å². The highest BCUT2D eigenvalue weighted by Crippen LogP contribution is 2.28. The van der Waals surface area contributed by atoms with E-state index in [2.05, 4.69) is 33.1 Å². The molecule has 28 heavy (non-hydrogen) atoms. The smallest absolute Gasteiger partial charge is 0.197 e. The van der Waals surface area contributed by atoms with Crippen molar-refractivity contribution >= 4 is 34.5 Å². The molecule has 4 nitrogen and oxygen atoms in total. The van der Waals surface area contributed by atoms with Gasteiger partial charge in [0.1, 0.15) is 11.6 Å². The lowest BCUT2D eigenvalue weighted by molar-refractivity contribution is 0.627. The number of rotatable bonds is 6. The van der Waals surface area contributed by atoms with Crippen LogP contribution in [0.4, 0.5) is 10.2 Å². The third-order valence-corrected chi connectivity index (χ3v) is 4.60. The largest absolute Gasteiger partial charge is 0.370 e. The fraction of sp³-hybridized carbons (Fsp3) is 0.0909. The minimum Gasteiger partial charge on any atom is -0.370 e. The van der Waals surface area contributed by atoms with Crippen molar-refractivity contribution in [1.82, 2.24) is 15.6 Å². The molecule has 1 radical (unpaired) electrons. The monoisotopic (exact) mass is 389 g/mol. The first-order valence-corrected chi connectivity index (χ1v) is 9.37. The molecular weight excluding hydrogens is 371 g/mol. The first-order valence-electron chi connectivity index (χ1n) is 8.96. The zero-order chi connectivity index (χ0) is 19.3. The number of halogens is 1. The first-order chi connectivity index (χ1) is 13.7. The maximum Gasteiger partial charge on any atom is 0.197 e. The minimum atomic E-state index is -0.284. The number of hydrogen-bond acceptors (Lipinski definition) is 3. The summed E-state index contributed by atoms with van der Waals surface area (Å²) in [5.74, 6) is 0.493. The van der Waals surface area contributed by atoms with Crippen molar-refractivity contribution in [2.24, 2.45) is 0 Å².